The van der Waals surface area contributed by atoms with Gasteiger partial charge in [0.15, 0.2) is 0 Å². The number of nitrogens with one attached hydrogen (secondary N) is 3. The van der Waals surface area contributed by atoms with Crippen LogP contribution in [-0.2, 0) is 62.3 Å². The van der Waals surface area contributed by atoms with Gasteiger partial charge in [-0.2, -0.15) is 0 Å². The molecule has 3 heterocycles. The second-order valence-electron chi connectivity index (χ2n) is 32.7. The molecule has 0 aromatic rings. The average molecular weight is 1500 g/mol. The summed E-state index contributed by atoms with van der Waals surface area (Å²) >= 11 is 13.4. The molecule has 2 saturated heterocycles. The van der Waals surface area contributed by atoms with Crippen molar-refractivity contribution in [3.05, 3.63) is 12.2 Å². The van der Waals surface area contributed by atoms with Crippen molar-refractivity contribution >= 4 is 94.1 Å². The zero-order valence-corrected chi connectivity index (χ0v) is 66.9. The monoisotopic (exact) mass is 1500 g/mol. The Morgan fingerprint density at radius 3 is 1.88 bits per heavy atom. The Bertz CT molecular complexity index is 3080. The fraction of sp³-hybridized carbons (Fsp3) is 0.818. The van der Waals surface area contributed by atoms with Gasteiger partial charge in [0.2, 0.25) is 70.9 Å². The number of fused-ring (bicyclic) bond motifs is 3. The van der Waals surface area contributed by atoms with Gasteiger partial charge in [0.25, 0.3) is 0 Å². The van der Waals surface area contributed by atoms with Crippen molar-refractivity contribution in [3.8, 4) is 0 Å². The average Bonchev–Trinajstić information content (AvgIpc) is 0.765. The van der Waals surface area contributed by atoms with Crippen LogP contribution in [0.25, 0.3) is 0 Å². The van der Waals surface area contributed by atoms with Gasteiger partial charge in [-0.1, -0.05) is 119 Å². The Kier molecular flexibility index (Phi) is 30.8. The van der Waals surface area contributed by atoms with E-state index in [1.165, 1.54) is 88.5 Å². The molecule has 3 N–H and O–H groups in total. The zero-order valence-electron chi connectivity index (χ0n) is 65.4. The van der Waals surface area contributed by atoms with Crippen molar-refractivity contribution in [1.82, 2.24) is 60.0 Å². The topological polar surface area (TPSA) is 279 Å². The third kappa shape index (κ3) is 20.8. The summed E-state index contributed by atoms with van der Waals surface area (Å²) in [7, 11) is 10.4. The zero-order chi connectivity index (χ0) is 77.0. The molecular formula is C77H126Cl2N12O13. The minimum Gasteiger partial charge on any atom is -0.377 e. The van der Waals surface area contributed by atoms with E-state index in [0.717, 1.165) is 32.1 Å². The number of likely N-dealkylation sites (N-methyl/N-ethyl adjacent to an activating group) is 6. The van der Waals surface area contributed by atoms with E-state index in [0.29, 0.717) is 76.5 Å². The highest BCUT2D eigenvalue weighted by Gasteiger charge is 2.59. The van der Waals surface area contributed by atoms with E-state index < -0.39 is 168 Å². The smallest absolute Gasteiger partial charge is 0.248 e. The van der Waals surface area contributed by atoms with Gasteiger partial charge in [0.1, 0.15) is 60.4 Å². The standard InChI is InChI=1S/C77H126Cl2N12O13/c1-17-25-57-67(95)81-65(48(7)18-2)73(101)90(52-33-34-52)44-64(94)86(14)58-26-23-22-24-37-89(72(58)100)61(39-50-29-27-47(6)28-30-50)71(99)84(12)43-62(92)80-56(36-32-49-31-35-54(78)55(79)38-49)69(97)91-42-53(104-21-5)40-59(91)68(96)82-77(45-76(8,9)46-77)75(103)88(16)66(51(19-3)20-4)74(102)87(15)60(70(98)83(10)11)41-63(93)85(57)13/h22-23,47-61,65-66H,17-21,24-46H2,1-16H3,(H,80,92)(H,81,95)(H,82,96)/b23-22-/t47?,48-,49?,50?,53+,54?,55?,56-,57-,58-,59-,60-,61-,65-,66-/m0/s1. The molecule has 6 fully saturated rings. The highest BCUT2D eigenvalue weighted by atomic mass is 35.5. The van der Waals surface area contributed by atoms with Gasteiger partial charge >= 0.3 is 0 Å². The molecule has 4 saturated carbocycles. The van der Waals surface area contributed by atoms with Crippen LogP contribution in [0.15, 0.2) is 12.2 Å². The summed E-state index contributed by atoms with van der Waals surface area (Å²) in [5, 5.41) is 8.60. The first-order chi connectivity index (χ1) is 49.1. The van der Waals surface area contributed by atoms with Gasteiger partial charge in [-0.15, -0.1) is 23.2 Å². The summed E-state index contributed by atoms with van der Waals surface area (Å²) < 4.78 is 6.18. The maximum Gasteiger partial charge on any atom is 0.248 e. The number of ether oxygens (including phenoxy) is 1. The molecule has 2 bridgehead atoms. The first-order valence-electron chi connectivity index (χ1n) is 39.0. The Hall–Kier alpha value is -6.08. The lowest BCUT2D eigenvalue weighted by Crippen LogP contribution is -2.71. The number of rotatable bonds is 16. The molecule has 25 nitrogen and oxygen atoms in total. The van der Waals surface area contributed by atoms with Gasteiger partial charge in [-0.3, -0.25) is 57.5 Å². The number of carbonyl (C=O) groups is 12. The largest absolute Gasteiger partial charge is 0.377 e. The number of alkyl halides is 2. The lowest BCUT2D eigenvalue weighted by atomic mass is 9.58. The molecule has 3 aliphatic heterocycles. The highest BCUT2D eigenvalue weighted by Crippen LogP contribution is 2.50. The van der Waals surface area contributed by atoms with Crippen LogP contribution in [0, 0.1) is 35.0 Å². The molecule has 7 aliphatic rings. The van der Waals surface area contributed by atoms with Gasteiger partial charge in [0, 0.05) is 86.9 Å². The van der Waals surface area contributed by atoms with Gasteiger partial charge in [-0.25, -0.2) is 0 Å². The number of amides is 12. The molecule has 27 heteroatoms. The summed E-state index contributed by atoms with van der Waals surface area (Å²) in [5.74, 6) is -7.34. The van der Waals surface area contributed by atoms with Crippen LogP contribution in [0.5, 0.6) is 0 Å². The quantitative estimate of drug-likeness (QED) is 0.107. The third-order valence-corrected chi connectivity index (χ3v) is 25.1. The van der Waals surface area contributed by atoms with Gasteiger partial charge in [-0.05, 0) is 125 Å². The summed E-state index contributed by atoms with van der Waals surface area (Å²) in [5.41, 5.74) is -2.07. The van der Waals surface area contributed by atoms with Crippen molar-refractivity contribution in [3.63, 3.8) is 0 Å². The van der Waals surface area contributed by atoms with Crippen LogP contribution >= 0.6 is 23.2 Å². The van der Waals surface area contributed by atoms with Crippen molar-refractivity contribution < 1.29 is 62.3 Å². The van der Waals surface area contributed by atoms with Crippen LogP contribution in [0.4, 0.5) is 0 Å². The Balaban J connectivity index is 1.34. The van der Waals surface area contributed by atoms with E-state index >= 15 is 33.6 Å². The number of carbonyl (C=O) groups excluding carboxylic acids is 12. The summed E-state index contributed by atoms with van der Waals surface area (Å²) in [6.07, 6.45) is 12.8. The summed E-state index contributed by atoms with van der Waals surface area (Å²) in [4.78, 5) is 196. The van der Waals surface area contributed by atoms with Gasteiger partial charge < -0.3 is 64.8 Å². The Morgan fingerprint density at radius 1 is 0.644 bits per heavy atom. The minimum absolute atomic E-state index is 0.0315. The summed E-state index contributed by atoms with van der Waals surface area (Å²) in [6, 6.07) is -9.90. The predicted molar refractivity (Wildman–Crippen MR) is 399 cm³/mol. The fourth-order valence-electron chi connectivity index (χ4n) is 17.2. The normalized spacial score (nSPS) is 32.0. The first kappa shape index (κ1) is 85.2. The van der Waals surface area contributed by atoms with Crippen LogP contribution in [-0.4, -0.2) is 274 Å². The molecule has 12 amide bonds. The molecular weight excluding hydrogens is 1370 g/mol. The fourth-order valence-corrected chi connectivity index (χ4v) is 17.9. The molecule has 1 spiro atoms. The van der Waals surface area contributed by atoms with E-state index in [2.05, 4.69) is 22.9 Å². The third-order valence-electron chi connectivity index (χ3n) is 24.0. The van der Waals surface area contributed by atoms with Crippen molar-refractivity contribution in [2.24, 2.45) is 35.0 Å². The molecule has 13 atom stereocenters. The lowest BCUT2D eigenvalue weighted by Gasteiger charge is -2.54. The minimum atomic E-state index is -1.59. The van der Waals surface area contributed by atoms with E-state index in [9.17, 15) is 24.0 Å². The first-order valence-corrected chi connectivity index (χ1v) is 39.8. The molecule has 0 aromatic heterocycles. The number of halogens is 2. The van der Waals surface area contributed by atoms with E-state index in [4.69, 9.17) is 27.9 Å². The molecule has 7 rings (SSSR count). The Morgan fingerprint density at radius 2 is 1.30 bits per heavy atom. The molecule has 0 aromatic carbocycles. The summed E-state index contributed by atoms with van der Waals surface area (Å²) in [6.45, 7) is 16.7. The van der Waals surface area contributed by atoms with Gasteiger partial charge in [0.05, 0.1) is 24.4 Å². The van der Waals surface area contributed by atoms with E-state index in [-0.39, 0.29) is 86.9 Å². The molecule has 104 heavy (non-hydrogen) atoms. The van der Waals surface area contributed by atoms with E-state index in [1.54, 1.807) is 4.90 Å². The number of nitrogens with zero attached hydrogens (tertiary/aromatic N) is 9. The van der Waals surface area contributed by atoms with E-state index in [1.807, 2.05) is 67.5 Å². The molecule has 3 unspecified atom stereocenters. The highest BCUT2D eigenvalue weighted by molar-refractivity contribution is 6.30. The van der Waals surface area contributed by atoms with Crippen molar-refractivity contribution in [1.29, 1.82) is 0 Å². The van der Waals surface area contributed by atoms with Crippen LogP contribution in [0.2, 0.25) is 0 Å². The SMILES string of the molecule is CCC[C@H]1C(=O)N[C@@H]([C@@H](C)CC)C(=O)N(C2CC2)CC(=O)N(C)[C@H]2C/C=C\CCN(C2=O)[C@@H](CC2CCC(C)CC2)C(=O)N(C)CC(=O)N[C@@H](CCC2CCC(Cl)C(Cl)C2)C(=O)N2C[C@H](OCC)C[C@H]2C(=O)NC2(CC(C)(C)C2)C(=O)N(C)[C@@H](C(CC)CC)C(=O)N(C)[C@H](C(=O)N(C)C)CC(=O)N1C. The molecule has 586 valence electrons. The van der Waals surface area contributed by atoms with Crippen molar-refractivity contribution in [2.45, 2.75) is 287 Å². The second-order valence-corrected chi connectivity index (χ2v) is 33.8. The van der Waals surface area contributed by atoms with Crippen LogP contribution < -0.4 is 16.0 Å². The molecule has 0 radical (unpaired) electrons. The maximum atomic E-state index is 15.8. The lowest BCUT2D eigenvalue weighted by molar-refractivity contribution is -0.161. The number of hydrogen-bond donors (Lipinski definition) is 3. The van der Waals surface area contributed by atoms with Crippen molar-refractivity contribution in [2.75, 3.05) is 82.1 Å². The maximum absolute atomic E-state index is 15.8. The van der Waals surface area contributed by atoms with Crippen LogP contribution in [0.1, 0.15) is 210 Å². The Labute approximate surface area is 629 Å². The van der Waals surface area contributed by atoms with Crippen LogP contribution in [0.3, 0.4) is 0 Å². The predicted octanol–water partition coefficient (Wildman–Crippen LogP) is 6.73. The second kappa shape index (κ2) is 37.6. The molecule has 4 aliphatic carbocycles. The number of hydrogen-bond acceptors (Lipinski definition) is 13.